The molecule has 1 fully saturated rings. The van der Waals surface area contributed by atoms with Crippen LogP contribution in [0.25, 0.3) is 0 Å². The lowest BCUT2D eigenvalue weighted by Crippen LogP contribution is -2.38. The molecule has 0 aliphatic heterocycles. The molecule has 2 rings (SSSR count). The molecular formula is C11H11ClO3. The van der Waals surface area contributed by atoms with Crippen molar-refractivity contribution in [3.63, 3.8) is 0 Å². The van der Waals surface area contributed by atoms with Crippen LogP contribution in [-0.4, -0.2) is 17.2 Å². The third-order valence-corrected chi connectivity index (χ3v) is 2.81. The normalized spacial score (nSPS) is 24.3. The lowest BCUT2D eigenvalue weighted by atomic mass is 9.82. The van der Waals surface area contributed by atoms with Gasteiger partial charge in [0.05, 0.1) is 5.92 Å². The van der Waals surface area contributed by atoms with E-state index in [0.29, 0.717) is 17.9 Å². The van der Waals surface area contributed by atoms with E-state index in [4.69, 9.17) is 21.4 Å². The summed E-state index contributed by atoms with van der Waals surface area (Å²) in [5, 5.41) is 9.35. The summed E-state index contributed by atoms with van der Waals surface area (Å²) in [6.45, 7) is 0. The van der Waals surface area contributed by atoms with Crippen molar-refractivity contribution in [1.29, 1.82) is 0 Å². The summed E-state index contributed by atoms with van der Waals surface area (Å²) in [5.41, 5.74) is 0. The number of hydrogen-bond donors (Lipinski definition) is 1. The fourth-order valence-corrected chi connectivity index (χ4v) is 1.70. The quantitative estimate of drug-likeness (QED) is 0.862. The third-order valence-electron chi connectivity index (χ3n) is 2.56. The Bertz CT molecular complexity index is 355. The van der Waals surface area contributed by atoms with Gasteiger partial charge in [0, 0.05) is 5.02 Å². The van der Waals surface area contributed by atoms with Crippen LogP contribution in [0.1, 0.15) is 12.8 Å². The number of carboxylic acid groups (broad SMARTS) is 1. The zero-order chi connectivity index (χ0) is 10.8. The fraction of sp³-hybridized carbons (Fsp3) is 0.364. The van der Waals surface area contributed by atoms with Crippen LogP contribution in [0.4, 0.5) is 0 Å². The maximum absolute atomic E-state index is 10.6. The Morgan fingerprint density at radius 3 is 2.47 bits per heavy atom. The average Bonchev–Trinajstić information content (AvgIpc) is 2.13. The number of halogens is 1. The van der Waals surface area contributed by atoms with Crippen LogP contribution in [-0.2, 0) is 4.79 Å². The molecule has 1 aromatic rings. The van der Waals surface area contributed by atoms with Crippen molar-refractivity contribution in [1.82, 2.24) is 0 Å². The van der Waals surface area contributed by atoms with Crippen LogP contribution in [0, 0.1) is 5.92 Å². The van der Waals surface area contributed by atoms with Crippen molar-refractivity contribution in [3.8, 4) is 5.75 Å². The molecule has 1 aliphatic rings. The smallest absolute Gasteiger partial charge is 0.306 e. The van der Waals surface area contributed by atoms with Gasteiger partial charge in [-0.25, -0.2) is 0 Å². The summed E-state index contributed by atoms with van der Waals surface area (Å²) in [6, 6.07) is 7.08. The average molecular weight is 227 g/mol. The lowest BCUT2D eigenvalue weighted by Gasteiger charge is -2.32. The van der Waals surface area contributed by atoms with Gasteiger partial charge in [0.25, 0.3) is 0 Å². The molecule has 3 nitrogen and oxygen atoms in total. The molecule has 80 valence electrons. The van der Waals surface area contributed by atoms with Gasteiger partial charge in [-0.1, -0.05) is 11.6 Å². The highest BCUT2D eigenvalue weighted by Gasteiger charge is 2.35. The first-order valence-electron chi connectivity index (χ1n) is 4.80. The zero-order valence-electron chi connectivity index (χ0n) is 8.02. The van der Waals surface area contributed by atoms with Crippen molar-refractivity contribution in [3.05, 3.63) is 29.3 Å². The van der Waals surface area contributed by atoms with Crippen LogP contribution in [0.15, 0.2) is 24.3 Å². The van der Waals surface area contributed by atoms with E-state index in [1.807, 2.05) is 0 Å². The molecule has 1 aliphatic carbocycles. The summed E-state index contributed by atoms with van der Waals surface area (Å²) in [5.74, 6) is -0.221. The number of aliphatic carboxylic acids is 1. The number of carboxylic acids is 1. The minimum absolute atomic E-state index is 0.0345. The SMILES string of the molecule is O=C(O)[C@H]1C[C@H](Oc2ccc(Cl)cc2)C1. The molecule has 0 saturated heterocycles. The van der Waals surface area contributed by atoms with E-state index in [1.165, 1.54) is 0 Å². The Morgan fingerprint density at radius 1 is 1.33 bits per heavy atom. The Hall–Kier alpha value is -1.22. The second-order valence-electron chi connectivity index (χ2n) is 3.70. The van der Waals surface area contributed by atoms with E-state index in [9.17, 15) is 4.79 Å². The van der Waals surface area contributed by atoms with Crippen molar-refractivity contribution >= 4 is 17.6 Å². The van der Waals surface area contributed by atoms with Crippen LogP contribution < -0.4 is 4.74 Å². The predicted molar refractivity (Wildman–Crippen MR) is 56.2 cm³/mol. The maximum Gasteiger partial charge on any atom is 0.306 e. The fourth-order valence-electron chi connectivity index (χ4n) is 1.57. The minimum atomic E-state index is -0.731. The number of rotatable bonds is 3. The van der Waals surface area contributed by atoms with E-state index < -0.39 is 5.97 Å². The van der Waals surface area contributed by atoms with Gasteiger partial charge in [-0.2, -0.15) is 0 Å². The molecule has 15 heavy (non-hydrogen) atoms. The number of carbonyl (C=O) groups is 1. The van der Waals surface area contributed by atoms with Gasteiger partial charge in [0.2, 0.25) is 0 Å². The van der Waals surface area contributed by atoms with Gasteiger partial charge >= 0.3 is 5.97 Å². The molecule has 0 bridgehead atoms. The number of hydrogen-bond acceptors (Lipinski definition) is 2. The minimum Gasteiger partial charge on any atom is -0.490 e. The molecule has 0 heterocycles. The molecule has 4 heteroatoms. The van der Waals surface area contributed by atoms with Gasteiger partial charge in [-0.3, -0.25) is 4.79 Å². The highest BCUT2D eigenvalue weighted by molar-refractivity contribution is 6.30. The van der Waals surface area contributed by atoms with Gasteiger partial charge in [0.15, 0.2) is 0 Å². The van der Waals surface area contributed by atoms with Crippen molar-refractivity contribution in [2.75, 3.05) is 0 Å². The Morgan fingerprint density at radius 2 is 1.93 bits per heavy atom. The third kappa shape index (κ3) is 2.42. The van der Waals surface area contributed by atoms with Crippen molar-refractivity contribution in [2.24, 2.45) is 5.92 Å². The molecule has 0 unspecified atom stereocenters. The Labute approximate surface area is 92.6 Å². The summed E-state index contributed by atoms with van der Waals surface area (Å²) < 4.78 is 5.56. The molecule has 1 N–H and O–H groups in total. The molecule has 0 aromatic heterocycles. The second-order valence-corrected chi connectivity index (χ2v) is 4.14. The van der Waals surface area contributed by atoms with Gasteiger partial charge < -0.3 is 9.84 Å². The van der Waals surface area contributed by atoms with E-state index >= 15 is 0 Å². The number of benzene rings is 1. The summed E-state index contributed by atoms with van der Waals surface area (Å²) in [4.78, 5) is 10.6. The monoisotopic (exact) mass is 226 g/mol. The topological polar surface area (TPSA) is 46.5 Å². The second kappa shape index (κ2) is 4.11. The molecule has 1 saturated carbocycles. The first-order valence-corrected chi connectivity index (χ1v) is 5.18. The zero-order valence-corrected chi connectivity index (χ0v) is 8.78. The summed E-state index contributed by atoms with van der Waals surface area (Å²) in [6.07, 6.45) is 1.22. The molecule has 0 spiro atoms. The molecule has 1 aromatic carbocycles. The lowest BCUT2D eigenvalue weighted by molar-refractivity contribution is -0.147. The van der Waals surface area contributed by atoms with Crippen LogP contribution in [0.2, 0.25) is 5.02 Å². The first-order chi connectivity index (χ1) is 7.15. The van der Waals surface area contributed by atoms with Crippen molar-refractivity contribution in [2.45, 2.75) is 18.9 Å². The Balaban J connectivity index is 1.85. The van der Waals surface area contributed by atoms with Gasteiger partial charge in [-0.15, -0.1) is 0 Å². The van der Waals surface area contributed by atoms with Gasteiger partial charge in [0.1, 0.15) is 11.9 Å². The molecule has 0 atom stereocenters. The van der Waals surface area contributed by atoms with E-state index in [1.54, 1.807) is 24.3 Å². The highest BCUT2D eigenvalue weighted by Crippen LogP contribution is 2.31. The molecule has 0 amide bonds. The molecular weight excluding hydrogens is 216 g/mol. The standard InChI is InChI=1S/C11H11ClO3/c12-8-1-3-9(4-2-8)15-10-5-7(6-10)11(13)14/h1-4,7,10H,5-6H2,(H,13,14)/t7-,10-. The highest BCUT2D eigenvalue weighted by atomic mass is 35.5. The first kappa shape index (κ1) is 10.3. The van der Waals surface area contributed by atoms with E-state index in [2.05, 4.69) is 0 Å². The maximum atomic E-state index is 10.6. The number of ether oxygens (including phenoxy) is 1. The summed E-state index contributed by atoms with van der Waals surface area (Å²) in [7, 11) is 0. The molecule has 0 radical (unpaired) electrons. The van der Waals surface area contributed by atoms with Crippen LogP contribution in [0.3, 0.4) is 0 Å². The van der Waals surface area contributed by atoms with Gasteiger partial charge in [-0.05, 0) is 37.1 Å². The Kier molecular flexibility index (Phi) is 2.82. The van der Waals surface area contributed by atoms with E-state index in [-0.39, 0.29) is 12.0 Å². The predicted octanol–water partition coefficient (Wildman–Crippen LogP) is 2.58. The van der Waals surface area contributed by atoms with E-state index in [0.717, 1.165) is 5.75 Å². The van der Waals surface area contributed by atoms with Crippen LogP contribution in [0.5, 0.6) is 5.75 Å². The van der Waals surface area contributed by atoms with Crippen LogP contribution >= 0.6 is 11.6 Å². The van der Waals surface area contributed by atoms with Crippen molar-refractivity contribution < 1.29 is 14.6 Å². The summed E-state index contributed by atoms with van der Waals surface area (Å²) >= 11 is 5.73. The largest absolute Gasteiger partial charge is 0.490 e.